The second-order valence-electron chi connectivity index (χ2n) is 12.6. The van der Waals surface area contributed by atoms with Gasteiger partial charge in [-0.1, -0.05) is 0 Å². The molecular formula is C24H45N7O2. The summed E-state index contributed by atoms with van der Waals surface area (Å²) in [4.78, 5) is 0. The molecule has 0 saturated carbocycles. The van der Waals surface area contributed by atoms with E-state index in [1.807, 2.05) is 55.4 Å². The van der Waals surface area contributed by atoms with Gasteiger partial charge >= 0.3 is 0 Å². The molecule has 0 radical (unpaired) electrons. The lowest BCUT2D eigenvalue weighted by molar-refractivity contribution is -0.251. The number of nitrogens with one attached hydrogen (secondary N) is 3. The molecule has 2 aliphatic rings. The molecule has 0 aromatic heterocycles. The summed E-state index contributed by atoms with van der Waals surface area (Å²) >= 11 is 0. The minimum atomic E-state index is -0.688. The zero-order valence-electron chi connectivity index (χ0n) is 21.8. The number of nitrogens with zero attached hydrogens (tertiary/aromatic N) is 4. The quantitative estimate of drug-likeness (QED) is 0.344. The van der Waals surface area contributed by atoms with Crippen molar-refractivity contribution in [3.8, 4) is 12.1 Å². The molecule has 2 heterocycles. The maximum Gasteiger partial charge on any atom is 0.110 e. The van der Waals surface area contributed by atoms with Crippen molar-refractivity contribution in [3.63, 3.8) is 0 Å². The second kappa shape index (κ2) is 9.39. The molecule has 0 amide bonds. The van der Waals surface area contributed by atoms with Crippen LogP contribution in [0.2, 0.25) is 0 Å². The van der Waals surface area contributed by atoms with E-state index in [0.29, 0.717) is 51.9 Å². The van der Waals surface area contributed by atoms with Crippen LogP contribution in [-0.2, 0) is 0 Å². The summed E-state index contributed by atoms with van der Waals surface area (Å²) in [5.41, 5.74) is -3.38. The van der Waals surface area contributed by atoms with Gasteiger partial charge in [-0.2, -0.15) is 20.7 Å². The van der Waals surface area contributed by atoms with Gasteiger partial charge in [-0.15, -0.1) is 0 Å². The van der Waals surface area contributed by atoms with Crippen LogP contribution in [0.4, 0.5) is 0 Å². The number of rotatable bonds is 8. The third-order valence-electron chi connectivity index (χ3n) is 7.19. The van der Waals surface area contributed by atoms with Crippen LogP contribution in [-0.4, -0.2) is 80.0 Å². The average molecular weight is 464 g/mol. The van der Waals surface area contributed by atoms with Gasteiger partial charge in [0.15, 0.2) is 0 Å². The van der Waals surface area contributed by atoms with Gasteiger partial charge in [-0.3, -0.25) is 10.6 Å². The van der Waals surface area contributed by atoms with E-state index in [4.69, 9.17) is 0 Å². The fourth-order valence-electron chi connectivity index (χ4n) is 6.41. The molecule has 0 unspecified atom stereocenters. The fourth-order valence-corrected chi connectivity index (χ4v) is 6.41. The monoisotopic (exact) mass is 463 g/mol. The van der Waals surface area contributed by atoms with E-state index < -0.39 is 33.2 Å². The normalized spacial score (nSPS) is 27.4. The molecule has 188 valence electrons. The lowest BCUT2D eigenvalue weighted by atomic mass is 9.71. The van der Waals surface area contributed by atoms with Gasteiger partial charge in [0.1, 0.15) is 11.1 Å². The van der Waals surface area contributed by atoms with E-state index in [2.05, 4.69) is 28.1 Å². The Labute approximate surface area is 200 Å². The Kier molecular flexibility index (Phi) is 7.95. The second-order valence-corrected chi connectivity index (χ2v) is 12.6. The molecular weight excluding hydrogens is 418 g/mol. The highest BCUT2D eigenvalue weighted by molar-refractivity contribution is 5.18. The topological polar surface area (TPSA) is 131 Å². The lowest BCUT2D eigenvalue weighted by Crippen LogP contribution is -2.68. The highest BCUT2D eigenvalue weighted by Crippen LogP contribution is 2.43. The standard InChI is InChI=1S/C24H45N7O2/c1-19(2)13-23(17-25,14-20(3,4)30(19)32)28-11-9-27-10-12-29-24(18-26)15-21(5,6)31(33)22(7,8)16-24/h27-29,32-33H,9-16H2,1-8H3. The van der Waals surface area contributed by atoms with Gasteiger partial charge in [0.05, 0.1) is 12.1 Å². The molecule has 2 aliphatic heterocycles. The van der Waals surface area contributed by atoms with Crippen molar-refractivity contribution in [2.24, 2.45) is 0 Å². The van der Waals surface area contributed by atoms with Crippen LogP contribution < -0.4 is 16.0 Å². The highest BCUT2D eigenvalue weighted by atomic mass is 16.5. The number of piperidine rings is 2. The first-order valence-electron chi connectivity index (χ1n) is 12.0. The van der Waals surface area contributed by atoms with Gasteiger partial charge in [-0.25, -0.2) is 0 Å². The van der Waals surface area contributed by atoms with E-state index in [1.54, 1.807) is 0 Å². The van der Waals surface area contributed by atoms with Gasteiger partial charge < -0.3 is 15.7 Å². The highest BCUT2D eigenvalue weighted by Gasteiger charge is 2.53. The first kappa shape index (κ1) is 27.9. The zero-order valence-corrected chi connectivity index (χ0v) is 21.8. The third kappa shape index (κ3) is 6.04. The summed E-state index contributed by atoms with van der Waals surface area (Å²) < 4.78 is 0. The average Bonchev–Trinajstić information content (AvgIpc) is 2.68. The van der Waals surface area contributed by atoms with E-state index in [1.165, 1.54) is 10.1 Å². The van der Waals surface area contributed by atoms with Gasteiger partial charge in [0, 0.05) is 48.3 Å². The Morgan fingerprint density at radius 1 is 0.606 bits per heavy atom. The predicted octanol–water partition coefficient (Wildman–Crippen LogP) is 2.36. The molecule has 0 aromatic rings. The molecule has 9 nitrogen and oxygen atoms in total. The van der Waals surface area contributed by atoms with Gasteiger partial charge in [-0.05, 0) is 81.1 Å². The number of hydroxylamine groups is 4. The molecule has 5 N–H and O–H groups in total. The summed E-state index contributed by atoms with van der Waals surface area (Å²) in [5.74, 6) is 0. The van der Waals surface area contributed by atoms with Crippen molar-refractivity contribution >= 4 is 0 Å². The fraction of sp³-hybridized carbons (Fsp3) is 0.917. The Hall–Kier alpha value is -1.30. The van der Waals surface area contributed by atoms with Crippen molar-refractivity contribution in [2.45, 2.75) is 114 Å². The van der Waals surface area contributed by atoms with Crippen LogP contribution in [0.25, 0.3) is 0 Å². The van der Waals surface area contributed by atoms with E-state index in [-0.39, 0.29) is 0 Å². The maximum atomic E-state index is 10.5. The molecule has 33 heavy (non-hydrogen) atoms. The molecule has 2 fully saturated rings. The van der Waals surface area contributed by atoms with Gasteiger partial charge in [0.25, 0.3) is 0 Å². The largest absolute Gasteiger partial charge is 0.314 e. The smallest absolute Gasteiger partial charge is 0.110 e. The van der Waals surface area contributed by atoms with E-state index in [0.717, 1.165) is 0 Å². The first-order valence-corrected chi connectivity index (χ1v) is 12.0. The molecule has 0 spiro atoms. The Morgan fingerprint density at radius 2 is 0.879 bits per heavy atom. The summed E-state index contributed by atoms with van der Waals surface area (Å²) in [6, 6.07) is 4.95. The summed E-state index contributed by atoms with van der Waals surface area (Å²) in [6.45, 7) is 18.3. The summed E-state index contributed by atoms with van der Waals surface area (Å²) in [5, 5.41) is 54.0. The van der Waals surface area contributed by atoms with Crippen molar-refractivity contribution < 1.29 is 10.4 Å². The first-order chi connectivity index (χ1) is 15.0. The molecule has 9 heteroatoms. The van der Waals surface area contributed by atoms with Crippen LogP contribution in [0, 0.1) is 22.7 Å². The van der Waals surface area contributed by atoms with E-state index in [9.17, 15) is 20.9 Å². The van der Waals surface area contributed by atoms with E-state index >= 15 is 0 Å². The van der Waals surface area contributed by atoms with Crippen molar-refractivity contribution in [1.29, 1.82) is 10.5 Å². The Bertz CT molecular complexity index is 679. The molecule has 2 saturated heterocycles. The zero-order chi connectivity index (χ0) is 25.3. The van der Waals surface area contributed by atoms with Crippen LogP contribution >= 0.6 is 0 Å². The number of nitriles is 2. The van der Waals surface area contributed by atoms with Crippen LogP contribution in [0.3, 0.4) is 0 Å². The predicted molar refractivity (Wildman–Crippen MR) is 128 cm³/mol. The molecule has 2 rings (SSSR count). The number of hydrogen-bond acceptors (Lipinski definition) is 9. The van der Waals surface area contributed by atoms with Crippen LogP contribution in [0.5, 0.6) is 0 Å². The molecule has 0 aromatic carbocycles. The Morgan fingerprint density at radius 3 is 1.12 bits per heavy atom. The molecule has 0 aliphatic carbocycles. The minimum absolute atomic E-state index is 0.501. The molecule has 0 atom stereocenters. The minimum Gasteiger partial charge on any atom is -0.314 e. The van der Waals surface area contributed by atoms with Crippen molar-refractivity contribution in [2.75, 3.05) is 26.2 Å². The third-order valence-corrected chi connectivity index (χ3v) is 7.19. The van der Waals surface area contributed by atoms with Crippen molar-refractivity contribution in [1.82, 2.24) is 26.1 Å². The van der Waals surface area contributed by atoms with Crippen molar-refractivity contribution in [3.05, 3.63) is 0 Å². The SMILES string of the molecule is CC1(C)CC(C#N)(NCCNCCNC2(C#N)CC(C)(C)N(O)C(C)(C)C2)CC(C)(C)N1O. The molecule has 0 bridgehead atoms. The summed E-state index contributed by atoms with van der Waals surface area (Å²) in [6.07, 6.45) is 2.15. The number of hydrogen-bond donors (Lipinski definition) is 5. The summed E-state index contributed by atoms with van der Waals surface area (Å²) in [7, 11) is 0. The van der Waals surface area contributed by atoms with Crippen LogP contribution in [0.15, 0.2) is 0 Å². The lowest BCUT2D eigenvalue weighted by Gasteiger charge is -2.54. The Balaban J connectivity index is 1.83. The maximum absolute atomic E-state index is 10.5. The van der Waals surface area contributed by atoms with Crippen LogP contribution in [0.1, 0.15) is 81.1 Å². The van der Waals surface area contributed by atoms with Gasteiger partial charge in [0.2, 0.25) is 0 Å².